The Kier molecular flexibility index (Phi) is 4.13. The minimum Gasteiger partial charge on any atom is -0.512 e. The normalized spacial score (nSPS) is 20.2. The Hall–Kier alpha value is -2.31. The fraction of sp³-hybridized carbons (Fsp3) is 0.211. The number of thiazole rings is 1. The van der Waals surface area contributed by atoms with Crippen LogP contribution in [0.1, 0.15) is 28.4 Å². The number of nitrogens with zero attached hydrogens (tertiary/aromatic N) is 1. The van der Waals surface area contributed by atoms with E-state index >= 15 is 0 Å². The van der Waals surface area contributed by atoms with Crippen LogP contribution < -0.4 is 0 Å². The minimum absolute atomic E-state index is 0.282. The maximum atomic E-state index is 10.4. The van der Waals surface area contributed by atoms with Crippen molar-refractivity contribution in [3.05, 3.63) is 63.4 Å². The number of aromatic nitrogens is 1. The zero-order valence-electron chi connectivity index (χ0n) is 12.4. The summed E-state index contributed by atoms with van der Waals surface area (Å²) in [5, 5.41) is 11.2. The molecule has 1 aromatic rings. The molecule has 1 N–H and O–H groups in total. The van der Waals surface area contributed by atoms with Gasteiger partial charge < -0.3 is 5.11 Å². The van der Waals surface area contributed by atoms with E-state index in [1.807, 2.05) is 31.2 Å². The molecule has 2 aliphatic rings. The molecule has 3 heteroatoms. The quantitative estimate of drug-likeness (QED) is 0.811. The van der Waals surface area contributed by atoms with Gasteiger partial charge in [-0.1, -0.05) is 30.4 Å². The molecule has 1 heterocycles. The van der Waals surface area contributed by atoms with Gasteiger partial charge in [0.15, 0.2) is 0 Å². The van der Waals surface area contributed by atoms with Gasteiger partial charge in [0.05, 0.1) is 10.6 Å². The van der Waals surface area contributed by atoms with Crippen LogP contribution in [0.15, 0.2) is 47.8 Å². The Bertz CT molecular complexity index is 781. The van der Waals surface area contributed by atoms with Crippen molar-refractivity contribution in [2.75, 3.05) is 0 Å². The van der Waals surface area contributed by atoms with Crippen molar-refractivity contribution in [1.82, 2.24) is 4.98 Å². The molecule has 0 saturated carbocycles. The van der Waals surface area contributed by atoms with E-state index in [1.54, 1.807) is 11.3 Å². The van der Waals surface area contributed by atoms with Crippen LogP contribution in [-0.2, 0) is 0 Å². The predicted molar refractivity (Wildman–Crippen MR) is 93.4 cm³/mol. The summed E-state index contributed by atoms with van der Waals surface area (Å²) >= 11 is 1.59. The number of aryl methyl sites for hydroxylation is 1. The number of hydrogen-bond acceptors (Lipinski definition) is 3. The second-order valence-electron chi connectivity index (χ2n) is 5.34. The number of hydrogen-bond donors (Lipinski definition) is 1. The highest BCUT2D eigenvalue weighted by molar-refractivity contribution is 7.13. The summed E-state index contributed by atoms with van der Waals surface area (Å²) in [4.78, 5) is 5.70. The number of aliphatic hydroxyl groups is 1. The molecule has 0 aliphatic heterocycles. The van der Waals surface area contributed by atoms with Crippen molar-refractivity contribution in [2.45, 2.75) is 19.8 Å². The third kappa shape index (κ3) is 2.84. The number of aliphatic hydroxyl groups excluding tert-OH is 1. The first kappa shape index (κ1) is 14.6. The van der Waals surface area contributed by atoms with E-state index < -0.39 is 0 Å². The van der Waals surface area contributed by atoms with Gasteiger partial charge in [0.25, 0.3) is 0 Å². The van der Waals surface area contributed by atoms with E-state index in [2.05, 4.69) is 29.1 Å². The minimum atomic E-state index is 0.282. The van der Waals surface area contributed by atoms with Crippen molar-refractivity contribution in [3.63, 3.8) is 0 Å². The molecule has 0 aromatic carbocycles. The molecule has 2 nitrogen and oxygen atoms in total. The maximum absolute atomic E-state index is 10.4. The molecule has 0 bridgehead atoms. The monoisotopic (exact) mass is 307 g/mol. The van der Waals surface area contributed by atoms with Gasteiger partial charge >= 0.3 is 0 Å². The van der Waals surface area contributed by atoms with Gasteiger partial charge in [-0.2, -0.15) is 0 Å². The van der Waals surface area contributed by atoms with Crippen molar-refractivity contribution < 1.29 is 5.11 Å². The molecule has 1 unspecified atom stereocenters. The molecule has 0 spiro atoms. The topological polar surface area (TPSA) is 33.1 Å². The molecular formula is C19H17NOS. The van der Waals surface area contributed by atoms with E-state index in [0.29, 0.717) is 18.6 Å². The molecule has 110 valence electrons. The van der Waals surface area contributed by atoms with Crippen LogP contribution in [0.4, 0.5) is 0 Å². The Labute approximate surface area is 134 Å². The average molecular weight is 307 g/mol. The molecular weight excluding hydrogens is 290 g/mol. The van der Waals surface area contributed by atoms with Gasteiger partial charge in [0.1, 0.15) is 10.8 Å². The summed E-state index contributed by atoms with van der Waals surface area (Å²) in [6.45, 7) is 1.98. The highest BCUT2D eigenvalue weighted by Crippen LogP contribution is 2.38. The van der Waals surface area contributed by atoms with Crippen molar-refractivity contribution in [3.8, 4) is 12.3 Å². The van der Waals surface area contributed by atoms with Crippen LogP contribution in [0.25, 0.3) is 11.6 Å². The van der Waals surface area contributed by atoms with Crippen molar-refractivity contribution in [1.29, 1.82) is 0 Å². The van der Waals surface area contributed by atoms with E-state index in [9.17, 15) is 5.11 Å². The number of fused-ring (bicyclic) bond motifs is 1. The summed E-state index contributed by atoms with van der Waals surface area (Å²) in [7, 11) is 0. The van der Waals surface area contributed by atoms with Crippen LogP contribution in [0.3, 0.4) is 0 Å². The van der Waals surface area contributed by atoms with E-state index in [0.717, 1.165) is 21.2 Å². The van der Waals surface area contributed by atoms with Crippen molar-refractivity contribution in [2.24, 2.45) is 5.92 Å². The maximum Gasteiger partial charge on any atom is 0.127 e. The Morgan fingerprint density at radius 2 is 2.36 bits per heavy atom. The molecule has 3 rings (SSSR count). The summed E-state index contributed by atoms with van der Waals surface area (Å²) in [6, 6.07) is 0. The fourth-order valence-corrected chi connectivity index (χ4v) is 3.64. The smallest absolute Gasteiger partial charge is 0.127 e. The predicted octanol–water partition coefficient (Wildman–Crippen LogP) is 4.83. The van der Waals surface area contributed by atoms with Gasteiger partial charge in [-0.3, -0.25) is 0 Å². The third-order valence-corrected chi connectivity index (χ3v) is 4.93. The summed E-state index contributed by atoms with van der Waals surface area (Å²) in [6.07, 6.45) is 20.8. The van der Waals surface area contributed by atoms with Gasteiger partial charge in [-0.15, -0.1) is 23.7 Å². The zero-order valence-corrected chi connectivity index (χ0v) is 13.2. The van der Waals surface area contributed by atoms with Gasteiger partial charge in [-0.25, -0.2) is 4.98 Å². The summed E-state index contributed by atoms with van der Waals surface area (Å²) < 4.78 is 0. The molecule has 0 fully saturated rings. The van der Waals surface area contributed by atoms with Crippen LogP contribution in [0.2, 0.25) is 0 Å². The zero-order chi connectivity index (χ0) is 15.5. The van der Waals surface area contributed by atoms with Gasteiger partial charge in [0.2, 0.25) is 0 Å². The van der Waals surface area contributed by atoms with E-state index in [1.165, 1.54) is 5.57 Å². The highest BCUT2D eigenvalue weighted by Gasteiger charge is 2.23. The Morgan fingerprint density at radius 1 is 1.50 bits per heavy atom. The summed E-state index contributed by atoms with van der Waals surface area (Å²) in [5.41, 5.74) is 3.04. The van der Waals surface area contributed by atoms with E-state index in [4.69, 9.17) is 6.42 Å². The molecule has 22 heavy (non-hydrogen) atoms. The lowest BCUT2D eigenvalue weighted by Crippen LogP contribution is -2.09. The Morgan fingerprint density at radius 3 is 3.18 bits per heavy atom. The lowest BCUT2D eigenvalue weighted by Gasteiger charge is -2.22. The second-order valence-corrected chi connectivity index (χ2v) is 6.37. The van der Waals surface area contributed by atoms with Gasteiger partial charge in [-0.05, 0) is 24.6 Å². The molecule has 1 atom stereocenters. The SMILES string of the molecule is C#CC/C=C\c1sc(C2=C(O)CC3C=CC=CC3=C2)nc1C. The third-order valence-electron chi connectivity index (χ3n) is 3.77. The fourth-order valence-electron chi connectivity index (χ4n) is 2.61. The largest absolute Gasteiger partial charge is 0.512 e. The van der Waals surface area contributed by atoms with Crippen LogP contribution >= 0.6 is 11.3 Å². The van der Waals surface area contributed by atoms with Crippen LogP contribution in [0.5, 0.6) is 0 Å². The lowest BCUT2D eigenvalue weighted by atomic mass is 9.85. The number of terminal acetylenes is 1. The highest BCUT2D eigenvalue weighted by atomic mass is 32.1. The first-order chi connectivity index (χ1) is 10.7. The molecule has 0 amide bonds. The van der Waals surface area contributed by atoms with Crippen LogP contribution in [-0.4, -0.2) is 10.1 Å². The lowest BCUT2D eigenvalue weighted by molar-refractivity contribution is 0.377. The molecule has 2 aliphatic carbocycles. The van der Waals surface area contributed by atoms with Crippen molar-refractivity contribution >= 4 is 23.0 Å². The molecule has 1 aromatic heterocycles. The second kappa shape index (κ2) is 6.21. The molecule has 0 saturated heterocycles. The number of rotatable bonds is 3. The summed E-state index contributed by atoms with van der Waals surface area (Å²) in [5.74, 6) is 3.29. The number of allylic oxidation sites excluding steroid dienone is 9. The first-order valence-corrected chi connectivity index (χ1v) is 8.07. The van der Waals surface area contributed by atoms with Crippen LogP contribution in [0, 0.1) is 25.2 Å². The standard InChI is InChI=1S/C19H17NOS/c1-3-4-5-10-18-13(2)20-19(22-18)16-11-14-8-6-7-9-15(14)12-17(16)21/h1,5-11,15,21H,4,12H2,2H3/b10-5-. The average Bonchev–Trinajstić information content (AvgIpc) is 2.88. The first-order valence-electron chi connectivity index (χ1n) is 7.25. The van der Waals surface area contributed by atoms with E-state index in [-0.39, 0.29) is 5.92 Å². The van der Waals surface area contributed by atoms with Gasteiger partial charge in [0, 0.05) is 24.3 Å². The molecule has 0 radical (unpaired) electrons. The Balaban J connectivity index is 1.93.